The SMILES string of the molecule is CCC(=O)c1cccn(-c2ccc(C)cc2)c1=O. The van der Waals surface area contributed by atoms with Crippen LogP contribution >= 0.6 is 0 Å². The predicted molar refractivity (Wildman–Crippen MR) is 71.4 cm³/mol. The van der Waals surface area contributed by atoms with E-state index in [0.29, 0.717) is 6.42 Å². The number of carbonyl (C=O) groups excluding carboxylic acids is 1. The van der Waals surface area contributed by atoms with E-state index in [1.807, 2.05) is 31.2 Å². The van der Waals surface area contributed by atoms with Crippen molar-refractivity contribution < 1.29 is 4.79 Å². The van der Waals surface area contributed by atoms with Crippen molar-refractivity contribution in [1.29, 1.82) is 0 Å². The van der Waals surface area contributed by atoms with Gasteiger partial charge in [0, 0.05) is 18.3 Å². The Morgan fingerprint density at radius 2 is 1.83 bits per heavy atom. The number of Topliss-reactive ketones (excluding diaryl/α,β-unsaturated/α-hetero) is 1. The molecule has 2 aromatic rings. The number of hydrogen-bond donors (Lipinski definition) is 0. The molecule has 0 aliphatic rings. The van der Waals surface area contributed by atoms with Crippen LogP contribution in [0.3, 0.4) is 0 Å². The molecule has 3 nitrogen and oxygen atoms in total. The Labute approximate surface area is 106 Å². The Morgan fingerprint density at radius 3 is 2.44 bits per heavy atom. The maximum atomic E-state index is 12.2. The second-order valence-electron chi connectivity index (χ2n) is 4.21. The van der Waals surface area contributed by atoms with E-state index in [4.69, 9.17) is 0 Å². The summed E-state index contributed by atoms with van der Waals surface area (Å²) in [6, 6.07) is 10.9. The zero-order chi connectivity index (χ0) is 13.1. The number of aryl methyl sites for hydroxylation is 1. The summed E-state index contributed by atoms with van der Waals surface area (Å²) in [5.41, 5.74) is 1.90. The summed E-state index contributed by atoms with van der Waals surface area (Å²) in [5, 5.41) is 0. The van der Waals surface area contributed by atoms with Crippen LogP contribution in [0, 0.1) is 6.92 Å². The van der Waals surface area contributed by atoms with Gasteiger partial charge < -0.3 is 0 Å². The molecule has 1 heterocycles. The fraction of sp³-hybridized carbons (Fsp3) is 0.200. The first-order valence-electron chi connectivity index (χ1n) is 5.95. The van der Waals surface area contributed by atoms with E-state index >= 15 is 0 Å². The highest BCUT2D eigenvalue weighted by molar-refractivity contribution is 5.95. The Balaban J connectivity index is 2.56. The zero-order valence-electron chi connectivity index (χ0n) is 10.5. The third-order valence-corrected chi connectivity index (χ3v) is 2.88. The number of nitrogens with zero attached hydrogens (tertiary/aromatic N) is 1. The molecule has 1 aromatic heterocycles. The van der Waals surface area contributed by atoms with Crippen LogP contribution in [-0.4, -0.2) is 10.4 Å². The van der Waals surface area contributed by atoms with Crippen molar-refractivity contribution in [3.05, 3.63) is 64.1 Å². The predicted octanol–water partition coefficient (Wildman–Crippen LogP) is 2.74. The van der Waals surface area contributed by atoms with Crippen LogP contribution in [0.4, 0.5) is 0 Å². The molecule has 2 rings (SSSR count). The number of ketones is 1. The van der Waals surface area contributed by atoms with Gasteiger partial charge in [-0.15, -0.1) is 0 Å². The molecule has 0 saturated carbocycles. The van der Waals surface area contributed by atoms with Gasteiger partial charge in [0.25, 0.3) is 5.56 Å². The highest BCUT2D eigenvalue weighted by atomic mass is 16.1. The number of hydrogen-bond acceptors (Lipinski definition) is 2. The van der Waals surface area contributed by atoms with Gasteiger partial charge in [0.1, 0.15) is 0 Å². The molecule has 0 spiro atoms. The molecule has 0 saturated heterocycles. The largest absolute Gasteiger partial charge is 0.294 e. The number of pyridine rings is 1. The number of benzene rings is 1. The van der Waals surface area contributed by atoms with E-state index in [1.54, 1.807) is 25.3 Å². The minimum absolute atomic E-state index is 0.124. The Kier molecular flexibility index (Phi) is 3.42. The van der Waals surface area contributed by atoms with Crippen molar-refractivity contribution in [3.8, 4) is 5.69 Å². The summed E-state index contributed by atoms with van der Waals surface area (Å²) < 4.78 is 1.50. The van der Waals surface area contributed by atoms with Crippen molar-refractivity contribution in [3.63, 3.8) is 0 Å². The number of rotatable bonds is 3. The molecule has 0 amide bonds. The minimum Gasteiger partial charge on any atom is -0.294 e. The Bertz CT molecular complexity index is 624. The van der Waals surface area contributed by atoms with Crippen LogP contribution < -0.4 is 5.56 Å². The summed E-state index contributed by atoms with van der Waals surface area (Å²) >= 11 is 0. The van der Waals surface area contributed by atoms with Gasteiger partial charge in [-0.25, -0.2) is 0 Å². The van der Waals surface area contributed by atoms with Gasteiger partial charge in [0.2, 0.25) is 0 Å². The number of aromatic nitrogens is 1. The Morgan fingerprint density at radius 1 is 1.17 bits per heavy atom. The minimum atomic E-state index is -0.256. The molecular formula is C15H15NO2. The molecule has 3 heteroatoms. The van der Waals surface area contributed by atoms with Crippen molar-refractivity contribution >= 4 is 5.78 Å². The summed E-state index contributed by atoms with van der Waals surface area (Å²) in [5.74, 6) is -0.124. The topological polar surface area (TPSA) is 39.1 Å². The van der Waals surface area contributed by atoms with Gasteiger partial charge in [-0.2, -0.15) is 0 Å². The van der Waals surface area contributed by atoms with Crippen LogP contribution in [0.2, 0.25) is 0 Å². The smallest absolute Gasteiger partial charge is 0.265 e. The maximum Gasteiger partial charge on any atom is 0.265 e. The average molecular weight is 241 g/mol. The van der Waals surface area contributed by atoms with Crippen molar-refractivity contribution in [2.45, 2.75) is 20.3 Å². The van der Waals surface area contributed by atoms with Crippen LogP contribution in [0.25, 0.3) is 5.69 Å². The van der Waals surface area contributed by atoms with Gasteiger partial charge in [-0.05, 0) is 31.2 Å². The second-order valence-corrected chi connectivity index (χ2v) is 4.21. The normalized spacial score (nSPS) is 10.3. The van der Waals surface area contributed by atoms with Gasteiger partial charge in [0.05, 0.1) is 5.56 Å². The molecule has 0 atom stereocenters. The molecule has 0 bridgehead atoms. The summed E-state index contributed by atoms with van der Waals surface area (Å²) in [6.45, 7) is 3.74. The zero-order valence-corrected chi connectivity index (χ0v) is 10.5. The van der Waals surface area contributed by atoms with Gasteiger partial charge in [-0.1, -0.05) is 24.6 Å². The van der Waals surface area contributed by atoms with Crippen molar-refractivity contribution in [1.82, 2.24) is 4.57 Å². The standard InChI is InChI=1S/C15H15NO2/c1-3-14(17)13-5-4-10-16(15(13)18)12-8-6-11(2)7-9-12/h4-10H,3H2,1-2H3. The lowest BCUT2D eigenvalue weighted by Gasteiger charge is -2.07. The van der Waals surface area contributed by atoms with E-state index in [1.165, 1.54) is 4.57 Å². The first-order chi connectivity index (χ1) is 8.63. The fourth-order valence-electron chi connectivity index (χ4n) is 1.81. The van der Waals surface area contributed by atoms with E-state index < -0.39 is 0 Å². The second kappa shape index (κ2) is 5.00. The van der Waals surface area contributed by atoms with E-state index in [0.717, 1.165) is 11.3 Å². The quantitative estimate of drug-likeness (QED) is 0.775. The molecular weight excluding hydrogens is 226 g/mol. The van der Waals surface area contributed by atoms with Gasteiger partial charge >= 0.3 is 0 Å². The van der Waals surface area contributed by atoms with Crippen molar-refractivity contribution in [2.75, 3.05) is 0 Å². The monoisotopic (exact) mass is 241 g/mol. The average Bonchev–Trinajstić information content (AvgIpc) is 2.39. The van der Waals surface area contributed by atoms with Gasteiger partial charge in [0.15, 0.2) is 5.78 Å². The molecule has 0 aliphatic heterocycles. The molecule has 0 radical (unpaired) electrons. The van der Waals surface area contributed by atoms with E-state index in [2.05, 4.69) is 0 Å². The molecule has 0 N–H and O–H groups in total. The first kappa shape index (κ1) is 12.3. The van der Waals surface area contributed by atoms with E-state index in [9.17, 15) is 9.59 Å². The lowest BCUT2D eigenvalue weighted by molar-refractivity contribution is 0.0986. The third kappa shape index (κ3) is 2.25. The van der Waals surface area contributed by atoms with Crippen LogP contribution in [-0.2, 0) is 0 Å². The lowest BCUT2D eigenvalue weighted by atomic mass is 10.1. The van der Waals surface area contributed by atoms with Gasteiger partial charge in [-0.3, -0.25) is 14.2 Å². The van der Waals surface area contributed by atoms with Crippen LogP contribution in [0.1, 0.15) is 29.3 Å². The summed E-state index contributed by atoms with van der Waals surface area (Å²) in [7, 11) is 0. The summed E-state index contributed by atoms with van der Waals surface area (Å²) in [6.07, 6.45) is 2.02. The highest BCUT2D eigenvalue weighted by Crippen LogP contribution is 2.08. The molecule has 92 valence electrons. The molecule has 0 fully saturated rings. The first-order valence-corrected chi connectivity index (χ1v) is 5.95. The maximum absolute atomic E-state index is 12.2. The van der Waals surface area contributed by atoms with Crippen molar-refractivity contribution in [2.24, 2.45) is 0 Å². The highest BCUT2D eigenvalue weighted by Gasteiger charge is 2.10. The summed E-state index contributed by atoms with van der Waals surface area (Å²) in [4.78, 5) is 23.9. The molecule has 0 unspecified atom stereocenters. The lowest BCUT2D eigenvalue weighted by Crippen LogP contribution is -2.24. The van der Waals surface area contributed by atoms with Crippen LogP contribution in [0.5, 0.6) is 0 Å². The number of carbonyl (C=O) groups is 1. The van der Waals surface area contributed by atoms with Crippen LogP contribution in [0.15, 0.2) is 47.4 Å². The molecule has 1 aromatic carbocycles. The third-order valence-electron chi connectivity index (χ3n) is 2.88. The Hall–Kier alpha value is -2.16. The molecule has 0 aliphatic carbocycles. The fourth-order valence-corrected chi connectivity index (χ4v) is 1.81. The van der Waals surface area contributed by atoms with E-state index in [-0.39, 0.29) is 16.9 Å². The molecule has 18 heavy (non-hydrogen) atoms.